The third-order valence-electron chi connectivity index (χ3n) is 5.44. The lowest BCUT2D eigenvalue weighted by molar-refractivity contribution is 0.171. The fourth-order valence-corrected chi connectivity index (χ4v) is 4.02. The first kappa shape index (κ1) is 20.6. The van der Waals surface area contributed by atoms with Crippen LogP contribution < -0.4 is 20.1 Å². The van der Waals surface area contributed by atoms with E-state index >= 15 is 0 Å². The molecule has 1 aliphatic rings. The third kappa shape index (κ3) is 4.79. The summed E-state index contributed by atoms with van der Waals surface area (Å²) in [5, 5.41) is 9.77. The first-order valence-electron chi connectivity index (χ1n) is 10.7. The van der Waals surface area contributed by atoms with E-state index in [9.17, 15) is 0 Å². The molecule has 0 unspecified atom stereocenters. The molecule has 0 aliphatic carbocycles. The van der Waals surface area contributed by atoms with Gasteiger partial charge >= 0.3 is 0 Å². The van der Waals surface area contributed by atoms with Crippen LogP contribution in [0, 0.1) is 0 Å². The molecule has 162 valence electrons. The van der Waals surface area contributed by atoms with Crippen molar-refractivity contribution in [2.24, 2.45) is 0 Å². The summed E-state index contributed by atoms with van der Waals surface area (Å²) in [5.41, 5.74) is 3.45. The summed E-state index contributed by atoms with van der Waals surface area (Å²) in [7, 11) is 0. The maximum absolute atomic E-state index is 6.19. The molecule has 0 bridgehead atoms. The molecule has 0 saturated heterocycles. The molecule has 0 amide bonds. The number of nitrogens with zero attached hydrogens (tertiary/aromatic N) is 1. The number of ether oxygens (including phenoxy) is 2. The van der Waals surface area contributed by atoms with Crippen molar-refractivity contribution in [2.45, 2.75) is 13.0 Å². The van der Waals surface area contributed by atoms with Crippen LogP contribution in [-0.4, -0.2) is 24.7 Å². The van der Waals surface area contributed by atoms with Crippen molar-refractivity contribution >= 4 is 33.9 Å². The van der Waals surface area contributed by atoms with Gasteiger partial charge in [0, 0.05) is 28.8 Å². The van der Waals surface area contributed by atoms with Gasteiger partial charge in [-0.2, -0.15) is 0 Å². The molecular weight excluding hydrogens is 422 g/mol. The number of rotatable bonds is 7. The molecule has 5 rings (SSSR count). The number of anilines is 2. The SMILES string of the molecule is Clc1ccc2ccnc(Nc3cccc(CCNCc4ccc5c(c4)OCCO5)c3)c2c1. The van der Waals surface area contributed by atoms with Gasteiger partial charge in [-0.1, -0.05) is 35.9 Å². The van der Waals surface area contributed by atoms with Gasteiger partial charge in [-0.25, -0.2) is 4.98 Å². The summed E-state index contributed by atoms with van der Waals surface area (Å²) in [6.07, 6.45) is 2.74. The molecule has 32 heavy (non-hydrogen) atoms. The lowest BCUT2D eigenvalue weighted by Crippen LogP contribution is -2.18. The number of aromatic nitrogens is 1. The molecule has 0 fully saturated rings. The van der Waals surface area contributed by atoms with E-state index in [0.717, 1.165) is 53.3 Å². The molecule has 6 heteroatoms. The van der Waals surface area contributed by atoms with Crippen molar-refractivity contribution in [3.63, 3.8) is 0 Å². The zero-order chi connectivity index (χ0) is 21.8. The molecular formula is C26H24ClN3O2. The highest BCUT2D eigenvalue weighted by Crippen LogP contribution is 2.31. The highest BCUT2D eigenvalue weighted by molar-refractivity contribution is 6.31. The Bertz CT molecular complexity index is 1240. The van der Waals surface area contributed by atoms with E-state index in [2.05, 4.69) is 52.0 Å². The molecule has 1 aromatic heterocycles. The average Bonchev–Trinajstić information content (AvgIpc) is 2.82. The van der Waals surface area contributed by atoms with Gasteiger partial charge in [0.2, 0.25) is 0 Å². The van der Waals surface area contributed by atoms with Gasteiger partial charge in [-0.15, -0.1) is 0 Å². The second-order valence-electron chi connectivity index (χ2n) is 7.76. The van der Waals surface area contributed by atoms with Gasteiger partial charge in [-0.05, 0) is 71.9 Å². The number of fused-ring (bicyclic) bond motifs is 2. The van der Waals surface area contributed by atoms with Crippen LogP contribution in [0.5, 0.6) is 11.5 Å². The largest absolute Gasteiger partial charge is 0.486 e. The molecule has 1 aliphatic heterocycles. The van der Waals surface area contributed by atoms with Crippen LogP contribution in [0.2, 0.25) is 5.02 Å². The van der Waals surface area contributed by atoms with Crippen molar-refractivity contribution in [3.8, 4) is 11.5 Å². The van der Waals surface area contributed by atoms with Gasteiger partial charge in [0.25, 0.3) is 0 Å². The Morgan fingerprint density at radius 1 is 0.875 bits per heavy atom. The van der Waals surface area contributed by atoms with Crippen LogP contribution in [0.25, 0.3) is 10.8 Å². The average molecular weight is 446 g/mol. The Balaban J connectivity index is 1.19. The zero-order valence-corrected chi connectivity index (χ0v) is 18.4. The molecule has 2 heterocycles. The number of nitrogens with one attached hydrogen (secondary N) is 2. The monoisotopic (exact) mass is 445 g/mol. The van der Waals surface area contributed by atoms with Crippen LogP contribution in [-0.2, 0) is 13.0 Å². The van der Waals surface area contributed by atoms with Crippen LogP contribution in [0.4, 0.5) is 11.5 Å². The molecule has 4 aromatic rings. The van der Waals surface area contributed by atoms with Crippen molar-refractivity contribution in [3.05, 3.63) is 89.1 Å². The highest BCUT2D eigenvalue weighted by Gasteiger charge is 2.11. The van der Waals surface area contributed by atoms with E-state index in [4.69, 9.17) is 21.1 Å². The molecule has 2 N–H and O–H groups in total. The summed E-state index contributed by atoms with van der Waals surface area (Å²) in [5.74, 6) is 2.46. The number of halogens is 1. The topological polar surface area (TPSA) is 55.4 Å². The van der Waals surface area contributed by atoms with Gasteiger partial charge in [0.15, 0.2) is 11.5 Å². The molecule has 5 nitrogen and oxygen atoms in total. The minimum Gasteiger partial charge on any atom is -0.486 e. The first-order chi connectivity index (χ1) is 15.7. The van der Waals surface area contributed by atoms with Gasteiger partial charge in [0.05, 0.1) is 0 Å². The Labute approximate surface area is 192 Å². The van der Waals surface area contributed by atoms with Gasteiger partial charge < -0.3 is 20.1 Å². The third-order valence-corrected chi connectivity index (χ3v) is 5.68. The van der Waals surface area contributed by atoms with E-state index in [1.54, 1.807) is 0 Å². The lowest BCUT2D eigenvalue weighted by Gasteiger charge is -2.19. The van der Waals surface area contributed by atoms with Crippen LogP contribution in [0.1, 0.15) is 11.1 Å². The normalized spacial score (nSPS) is 12.7. The van der Waals surface area contributed by atoms with Crippen molar-refractivity contribution in [1.29, 1.82) is 0 Å². The van der Waals surface area contributed by atoms with E-state index in [1.807, 2.05) is 36.5 Å². The van der Waals surface area contributed by atoms with Crippen molar-refractivity contribution in [2.75, 3.05) is 25.1 Å². The van der Waals surface area contributed by atoms with Crippen molar-refractivity contribution in [1.82, 2.24) is 10.3 Å². The minimum atomic E-state index is 0.607. The second kappa shape index (κ2) is 9.47. The number of benzene rings is 3. The van der Waals surface area contributed by atoms with Gasteiger partial charge in [-0.3, -0.25) is 0 Å². The van der Waals surface area contributed by atoms with Crippen LogP contribution in [0.3, 0.4) is 0 Å². The quantitative estimate of drug-likeness (QED) is 0.355. The Morgan fingerprint density at radius 2 is 1.78 bits per heavy atom. The Kier molecular flexibility index (Phi) is 6.10. The molecule has 0 saturated carbocycles. The van der Waals surface area contributed by atoms with E-state index < -0.39 is 0 Å². The predicted octanol–water partition coefficient (Wildman–Crippen LogP) is 5.74. The molecule has 0 atom stereocenters. The predicted molar refractivity (Wildman–Crippen MR) is 129 cm³/mol. The Morgan fingerprint density at radius 3 is 2.72 bits per heavy atom. The Hall–Kier alpha value is -3.28. The maximum Gasteiger partial charge on any atom is 0.161 e. The van der Waals surface area contributed by atoms with Gasteiger partial charge in [0.1, 0.15) is 19.0 Å². The first-order valence-corrected chi connectivity index (χ1v) is 11.1. The van der Waals surface area contributed by atoms with Crippen LogP contribution >= 0.6 is 11.6 Å². The number of pyridine rings is 1. The van der Waals surface area contributed by atoms with E-state index in [-0.39, 0.29) is 0 Å². The molecule has 3 aromatic carbocycles. The second-order valence-corrected chi connectivity index (χ2v) is 8.19. The smallest absolute Gasteiger partial charge is 0.161 e. The molecule has 0 radical (unpaired) electrons. The summed E-state index contributed by atoms with van der Waals surface area (Å²) in [4.78, 5) is 4.51. The minimum absolute atomic E-state index is 0.607. The van der Waals surface area contributed by atoms with Crippen LogP contribution in [0.15, 0.2) is 72.9 Å². The fourth-order valence-electron chi connectivity index (χ4n) is 3.84. The van der Waals surface area contributed by atoms with E-state index in [1.165, 1.54) is 11.1 Å². The standard InChI is InChI=1S/C26H24ClN3O2/c27-21-6-5-20-9-11-29-26(23(20)16-21)30-22-3-1-2-18(14-22)8-10-28-17-19-4-7-24-25(15-19)32-13-12-31-24/h1-7,9,11,14-16,28H,8,10,12-13,17H2,(H,29,30). The summed E-state index contributed by atoms with van der Waals surface area (Å²) in [6, 6.07) is 22.4. The summed E-state index contributed by atoms with van der Waals surface area (Å²) < 4.78 is 11.2. The summed E-state index contributed by atoms with van der Waals surface area (Å²) >= 11 is 6.19. The maximum atomic E-state index is 6.19. The zero-order valence-electron chi connectivity index (χ0n) is 17.6. The summed E-state index contributed by atoms with van der Waals surface area (Å²) in [6.45, 7) is 2.88. The molecule has 0 spiro atoms. The van der Waals surface area contributed by atoms with Crippen molar-refractivity contribution < 1.29 is 9.47 Å². The fraction of sp³-hybridized carbons (Fsp3) is 0.192. The number of hydrogen-bond acceptors (Lipinski definition) is 5. The lowest BCUT2D eigenvalue weighted by atomic mass is 10.1. The number of hydrogen-bond donors (Lipinski definition) is 2. The van der Waals surface area contributed by atoms with E-state index in [0.29, 0.717) is 18.2 Å². The highest BCUT2D eigenvalue weighted by atomic mass is 35.5.